The average molecular weight is 680 g/mol. The number of halogens is 4. The number of imide groups is 2. The van der Waals surface area contributed by atoms with Gasteiger partial charge < -0.3 is 10.2 Å². The quantitative estimate of drug-likeness (QED) is 0.273. The fraction of sp³-hybridized carbons (Fsp3) is 0.345. The maximum absolute atomic E-state index is 14.3. The molecule has 42 heavy (non-hydrogen) atoms. The highest BCUT2D eigenvalue weighted by molar-refractivity contribution is 9.10. The number of anilines is 1. The van der Waals surface area contributed by atoms with Crippen LogP contribution in [0.15, 0.2) is 58.6 Å². The van der Waals surface area contributed by atoms with Gasteiger partial charge in [-0.2, -0.15) is 0 Å². The number of phenols is 1. The molecule has 2 aromatic carbocycles. The summed E-state index contributed by atoms with van der Waals surface area (Å²) in [5, 5.41) is 20.2. The number of aromatic hydroxyl groups is 1. The summed E-state index contributed by atoms with van der Waals surface area (Å²) in [6, 6.07) is 9.17. The lowest BCUT2D eigenvalue weighted by Gasteiger charge is -2.50. The Morgan fingerprint density at radius 1 is 1.02 bits per heavy atom. The van der Waals surface area contributed by atoms with E-state index in [2.05, 4.69) is 15.9 Å². The van der Waals surface area contributed by atoms with Gasteiger partial charge in [-0.25, -0.2) is 9.29 Å². The van der Waals surface area contributed by atoms with Gasteiger partial charge in [0.05, 0.1) is 23.9 Å². The van der Waals surface area contributed by atoms with E-state index >= 15 is 0 Å². The first-order valence-corrected chi connectivity index (χ1v) is 14.6. The number of rotatable bonds is 5. The van der Waals surface area contributed by atoms with Crippen LogP contribution in [0, 0.1) is 23.6 Å². The average Bonchev–Trinajstić information content (AvgIpc) is 3.27. The Morgan fingerprint density at radius 3 is 2.38 bits per heavy atom. The standard InChI is InChI=1S/C29H22BrCl2FN2O7/c30-13-1-8-20(36)18(11-13)23-16-6-7-17-22(25(40)34(24(17)39)10-9-21(37)38)19(16)12-28(31)26(41)35(27(42)29(23,28)32)15-4-2-14(33)3-5-15/h1-6,8,11,17,19,22-23,36H,7,9-10,12H2,(H,37,38)/t17-,19+,22-,23+,28+,29-/m0/s1. The van der Waals surface area contributed by atoms with E-state index in [1.165, 1.54) is 18.2 Å². The second kappa shape index (κ2) is 9.89. The normalized spacial score (nSPS) is 32.0. The van der Waals surface area contributed by atoms with E-state index in [1.807, 2.05) is 0 Å². The molecule has 9 nitrogen and oxygen atoms in total. The van der Waals surface area contributed by atoms with Crippen molar-refractivity contribution in [3.63, 3.8) is 0 Å². The number of alkyl halides is 2. The summed E-state index contributed by atoms with van der Waals surface area (Å²) in [5.41, 5.74) is 0.694. The molecule has 2 heterocycles. The Labute approximate surface area is 257 Å². The van der Waals surface area contributed by atoms with E-state index in [0.29, 0.717) is 10.0 Å². The number of nitrogens with zero attached hydrogens (tertiary/aromatic N) is 2. The van der Waals surface area contributed by atoms with E-state index in [0.717, 1.165) is 21.9 Å². The molecule has 0 radical (unpaired) electrons. The molecule has 2 aromatic rings. The molecule has 1 saturated carbocycles. The van der Waals surface area contributed by atoms with E-state index in [4.69, 9.17) is 28.3 Å². The minimum absolute atomic E-state index is 0.0415. The molecule has 0 unspecified atom stereocenters. The number of amides is 4. The lowest BCUT2D eigenvalue weighted by molar-refractivity contribution is -0.142. The van der Waals surface area contributed by atoms with Crippen molar-refractivity contribution in [3.05, 3.63) is 70.0 Å². The van der Waals surface area contributed by atoms with Crippen molar-refractivity contribution in [2.24, 2.45) is 17.8 Å². The van der Waals surface area contributed by atoms with Gasteiger partial charge >= 0.3 is 5.97 Å². The highest BCUT2D eigenvalue weighted by Gasteiger charge is 2.76. The monoisotopic (exact) mass is 678 g/mol. The second-order valence-electron chi connectivity index (χ2n) is 10.9. The Morgan fingerprint density at radius 2 is 1.71 bits per heavy atom. The zero-order valence-corrected chi connectivity index (χ0v) is 24.7. The number of carbonyl (C=O) groups is 5. The van der Waals surface area contributed by atoms with Crippen LogP contribution in [0.1, 0.15) is 30.7 Å². The SMILES string of the molecule is O=C(O)CCN1C(=O)[C@H]2[C@H](CC=C3[C@H]2C[C@@]2(Cl)C(=O)N(c4ccc(F)cc4)C(=O)[C@@]2(Cl)[C@H]3c2cc(Br)ccc2O)C1=O. The summed E-state index contributed by atoms with van der Waals surface area (Å²) in [5.74, 6) is -8.70. The maximum atomic E-state index is 14.3. The molecule has 218 valence electrons. The minimum Gasteiger partial charge on any atom is -0.508 e. The number of fused-ring (bicyclic) bond motifs is 4. The Balaban J connectivity index is 1.53. The molecule has 6 rings (SSSR count). The molecule has 2 aliphatic carbocycles. The van der Waals surface area contributed by atoms with Gasteiger partial charge in [0.25, 0.3) is 11.8 Å². The zero-order chi connectivity index (χ0) is 30.3. The molecular formula is C29H22BrCl2FN2O7. The highest BCUT2D eigenvalue weighted by atomic mass is 79.9. The molecular weight excluding hydrogens is 658 g/mol. The minimum atomic E-state index is -2.18. The van der Waals surface area contributed by atoms with Gasteiger partial charge in [0, 0.05) is 22.5 Å². The predicted octanol–water partition coefficient (Wildman–Crippen LogP) is 4.33. The number of aliphatic carboxylic acids is 1. The summed E-state index contributed by atoms with van der Waals surface area (Å²) < 4.78 is 14.3. The fourth-order valence-corrected chi connectivity index (χ4v) is 8.30. The maximum Gasteiger partial charge on any atom is 0.305 e. The summed E-state index contributed by atoms with van der Waals surface area (Å²) in [4.78, 5) is 63.9. The van der Waals surface area contributed by atoms with E-state index < -0.39 is 75.3 Å². The Kier molecular flexibility index (Phi) is 6.79. The first-order valence-electron chi connectivity index (χ1n) is 13.1. The van der Waals surface area contributed by atoms with E-state index in [-0.39, 0.29) is 36.4 Å². The largest absolute Gasteiger partial charge is 0.508 e. The van der Waals surface area contributed by atoms with Crippen molar-refractivity contribution in [2.75, 3.05) is 11.4 Å². The van der Waals surface area contributed by atoms with Gasteiger partial charge in [-0.1, -0.05) is 27.6 Å². The zero-order valence-electron chi connectivity index (χ0n) is 21.6. The van der Waals surface area contributed by atoms with Crippen molar-refractivity contribution in [2.45, 2.75) is 34.9 Å². The number of carboxylic acids is 1. The molecule has 2 N–H and O–H groups in total. The lowest BCUT2D eigenvalue weighted by Crippen LogP contribution is -2.60. The summed E-state index contributed by atoms with van der Waals surface area (Å²) in [6.45, 7) is -0.306. The number of carboxylic acid groups (broad SMARTS) is 1. The van der Waals surface area contributed by atoms with Gasteiger partial charge in [0.2, 0.25) is 11.8 Å². The third-order valence-corrected chi connectivity index (χ3v) is 10.7. The molecule has 2 aliphatic heterocycles. The van der Waals surface area contributed by atoms with Crippen molar-refractivity contribution < 1.29 is 38.6 Å². The number of hydrogen-bond donors (Lipinski definition) is 2. The first kappa shape index (κ1) is 28.8. The van der Waals surface area contributed by atoms with Crippen LogP contribution in [-0.4, -0.2) is 61.0 Å². The highest BCUT2D eigenvalue weighted by Crippen LogP contribution is 2.66. The van der Waals surface area contributed by atoms with Crippen LogP contribution in [0.25, 0.3) is 0 Å². The molecule has 3 fully saturated rings. The van der Waals surface area contributed by atoms with Crippen LogP contribution < -0.4 is 4.90 Å². The van der Waals surface area contributed by atoms with Crippen molar-refractivity contribution >= 4 is 74.4 Å². The molecule has 6 atom stereocenters. The summed E-state index contributed by atoms with van der Waals surface area (Å²) >= 11 is 17.8. The van der Waals surface area contributed by atoms with Crippen molar-refractivity contribution in [1.29, 1.82) is 0 Å². The Hall–Kier alpha value is -3.28. The number of benzene rings is 2. The van der Waals surface area contributed by atoms with Crippen molar-refractivity contribution in [1.82, 2.24) is 4.90 Å². The Bertz CT molecular complexity index is 1620. The van der Waals surface area contributed by atoms with Gasteiger partial charge in [-0.3, -0.25) is 28.9 Å². The van der Waals surface area contributed by atoms with Crippen LogP contribution in [0.3, 0.4) is 0 Å². The van der Waals surface area contributed by atoms with Gasteiger partial charge in [0.15, 0.2) is 9.75 Å². The topological polar surface area (TPSA) is 132 Å². The molecule has 2 saturated heterocycles. The lowest BCUT2D eigenvalue weighted by atomic mass is 9.56. The number of hydrogen-bond acceptors (Lipinski definition) is 6. The molecule has 0 aromatic heterocycles. The molecule has 0 spiro atoms. The third kappa shape index (κ3) is 3.89. The smallest absolute Gasteiger partial charge is 0.305 e. The summed E-state index contributed by atoms with van der Waals surface area (Å²) in [7, 11) is 0. The number of phenolic OH excluding ortho intramolecular Hbond substituents is 1. The van der Waals surface area contributed by atoms with Crippen LogP contribution in [0.4, 0.5) is 10.1 Å². The predicted molar refractivity (Wildman–Crippen MR) is 151 cm³/mol. The molecule has 4 aliphatic rings. The van der Waals surface area contributed by atoms with Crippen molar-refractivity contribution in [3.8, 4) is 5.75 Å². The van der Waals surface area contributed by atoms with E-state index in [9.17, 15) is 33.5 Å². The number of likely N-dealkylation sites (tertiary alicyclic amines) is 1. The van der Waals surface area contributed by atoms with Gasteiger partial charge in [-0.15, -0.1) is 23.2 Å². The van der Waals surface area contributed by atoms with Crippen LogP contribution in [-0.2, 0) is 24.0 Å². The fourth-order valence-electron chi connectivity index (χ4n) is 6.99. The first-order chi connectivity index (χ1) is 19.8. The van der Waals surface area contributed by atoms with Crippen LogP contribution in [0.5, 0.6) is 5.75 Å². The van der Waals surface area contributed by atoms with Gasteiger partial charge in [-0.05, 0) is 61.2 Å². The second-order valence-corrected chi connectivity index (χ2v) is 13.1. The third-order valence-electron chi connectivity index (χ3n) is 8.84. The molecule has 4 amide bonds. The molecule has 13 heteroatoms. The summed E-state index contributed by atoms with van der Waals surface area (Å²) in [6.07, 6.45) is 1.09. The number of carbonyl (C=O) groups excluding carboxylic acids is 4. The van der Waals surface area contributed by atoms with Gasteiger partial charge in [0.1, 0.15) is 11.6 Å². The molecule has 0 bridgehead atoms. The van der Waals surface area contributed by atoms with Crippen LogP contribution in [0.2, 0.25) is 0 Å². The number of allylic oxidation sites excluding steroid dienone is 2. The van der Waals surface area contributed by atoms with E-state index in [1.54, 1.807) is 18.2 Å². The van der Waals surface area contributed by atoms with Crippen LogP contribution >= 0.6 is 39.1 Å².